The summed E-state index contributed by atoms with van der Waals surface area (Å²) in [5, 5.41) is 11.8. The molecule has 0 saturated heterocycles. The van der Waals surface area contributed by atoms with Gasteiger partial charge in [0.25, 0.3) is 0 Å². The number of aliphatic hydroxyl groups is 1. The van der Waals surface area contributed by atoms with Crippen LogP contribution < -0.4 is 0 Å². The van der Waals surface area contributed by atoms with Crippen molar-refractivity contribution < 1.29 is 14.6 Å². The smallest absolute Gasteiger partial charge is 0.306 e. The van der Waals surface area contributed by atoms with Crippen molar-refractivity contribution in [3.8, 4) is 0 Å². The third-order valence-electron chi connectivity index (χ3n) is 4.22. The van der Waals surface area contributed by atoms with E-state index in [1.807, 2.05) is 30.3 Å². The minimum Gasteiger partial charge on any atom is -0.469 e. The van der Waals surface area contributed by atoms with E-state index in [1.165, 1.54) is 7.11 Å². The number of nitrogens with one attached hydrogen (secondary N) is 1. The van der Waals surface area contributed by atoms with Crippen LogP contribution in [0.2, 0.25) is 0 Å². The van der Waals surface area contributed by atoms with Gasteiger partial charge in [-0.1, -0.05) is 39.0 Å². The molecule has 4 heteroatoms. The summed E-state index contributed by atoms with van der Waals surface area (Å²) in [6, 6.07) is 9.98. The van der Waals surface area contributed by atoms with E-state index in [1.54, 1.807) is 0 Å². The fourth-order valence-electron chi connectivity index (χ4n) is 2.79. The zero-order valence-corrected chi connectivity index (χ0v) is 14.4. The Bertz CT molecular complexity index is 621. The number of carbonyl (C=O) groups is 1. The van der Waals surface area contributed by atoms with Gasteiger partial charge in [-0.05, 0) is 35.8 Å². The third-order valence-corrected chi connectivity index (χ3v) is 4.22. The molecule has 0 aliphatic rings. The lowest BCUT2D eigenvalue weighted by Crippen LogP contribution is -2.24. The normalized spacial score (nSPS) is 14.7. The Morgan fingerprint density at radius 3 is 2.61 bits per heavy atom. The van der Waals surface area contributed by atoms with Gasteiger partial charge < -0.3 is 14.8 Å². The number of para-hydroxylation sites is 1. The molecule has 0 fully saturated rings. The van der Waals surface area contributed by atoms with E-state index in [0.717, 1.165) is 23.0 Å². The van der Waals surface area contributed by atoms with Crippen molar-refractivity contribution in [2.24, 2.45) is 5.41 Å². The third kappa shape index (κ3) is 4.83. The second-order valence-corrected chi connectivity index (χ2v) is 7.37. The van der Waals surface area contributed by atoms with Crippen molar-refractivity contribution in [2.45, 2.75) is 52.1 Å². The van der Waals surface area contributed by atoms with Crippen LogP contribution in [-0.4, -0.2) is 29.3 Å². The summed E-state index contributed by atoms with van der Waals surface area (Å²) in [6.45, 7) is 6.45. The maximum atomic E-state index is 11.8. The molecule has 0 aliphatic heterocycles. The standard InChI is InChI=1S/C19H27NO3/c1-19(2,3)10-9-17(21)14(12-18(22)23-4)16-11-13-7-5-6-8-15(13)20-16/h5-8,11,14,17,20-21H,9-10,12H2,1-4H3. The molecule has 0 bridgehead atoms. The van der Waals surface area contributed by atoms with E-state index in [-0.39, 0.29) is 23.7 Å². The lowest BCUT2D eigenvalue weighted by Gasteiger charge is -2.25. The molecule has 2 rings (SSSR count). The molecule has 0 amide bonds. The Morgan fingerprint density at radius 2 is 2.00 bits per heavy atom. The van der Waals surface area contributed by atoms with Crippen LogP contribution in [0.15, 0.2) is 30.3 Å². The van der Waals surface area contributed by atoms with Gasteiger partial charge in [-0.15, -0.1) is 0 Å². The highest BCUT2D eigenvalue weighted by atomic mass is 16.5. The number of aromatic nitrogens is 1. The number of aliphatic hydroxyl groups excluding tert-OH is 1. The van der Waals surface area contributed by atoms with Crippen LogP contribution in [0.3, 0.4) is 0 Å². The molecule has 0 radical (unpaired) electrons. The van der Waals surface area contributed by atoms with Gasteiger partial charge in [-0.25, -0.2) is 0 Å². The predicted octanol–water partition coefficient (Wildman–Crippen LogP) is 4.00. The van der Waals surface area contributed by atoms with Gasteiger partial charge in [0, 0.05) is 17.1 Å². The number of hydrogen-bond acceptors (Lipinski definition) is 3. The lowest BCUT2D eigenvalue weighted by atomic mass is 9.84. The summed E-state index contributed by atoms with van der Waals surface area (Å²) in [5.41, 5.74) is 2.05. The van der Waals surface area contributed by atoms with Crippen molar-refractivity contribution in [1.82, 2.24) is 4.98 Å². The summed E-state index contributed by atoms with van der Waals surface area (Å²) in [4.78, 5) is 15.1. The number of carbonyl (C=O) groups excluding carboxylic acids is 1. The SMILES string of the molecule is COC(=O)CC(c1cc2ccccc2[nH]1)C(O)CCC(C)(C)C. The fraction of sp³-hybridized carbons (Fsp3) is 0.526. The van der Waals surface area contributed by atoms with Gasteiger partial charge in [-0.3, -0.25) is 4.79 Å². The topological polar surface area (TPSA) is 62.3 Å². The summed E-state index contributed by atoms with van der Waals surface area (Å²) in [6.07, 6.45) is 1.14. The Balaban J connectivity index is 2.23. The van der Waals surface area contributed by atoms with Gasteiger partial charge in [0.15, 0.2) is 0 Å². The van der Waals surface area contributed by atoms with Gasteiger partial charge in [0.2, 0.25) is 0 Å². The van der Waals surface area contributed by atoms with Crippen molar-refractivity contribution in [1.29, 1.82) is 0 Å². The Labute approximate surface area is 137 Å². The first-order valence-corrected chi connectivity index (χ1v) is 8.13. The summed E-state index contributed by atoms with van der Waals surface area (Å²) in [7, 11) is 1.38. The van der Waals surface area contributed by atoms with Gasteiger partial charge >= 0.3 is 5.97 Å². The number of hydrogen-bond donors (Lipinski definition) is 2. The predicted molar refractivity (Wildman–Crippen MR) is 92.4 cm³/mol. The van der Waals surface area contributed by atoms with Crippen LogP contribution in [-0.2, 0) is 9.53 Å². The monoisotopic (exact) mass is 317 g/mol. The number of methoxy groups -OCH3 is 1. The Morgan fingerprint density at radius 1 is 1.30 bits per heavy atom. The zero-order valence-electron chi connectivity index (χ0n) is 14.4. The summed E-state index contributed by atoms with van der Waals surface area (Å²) >= 11 is 0. The Kier molecular flexibility index (Phi) is 5.47. The quantitative estimate of drug-likeness (QED) is 0.792. The number of benzene rings is 1. The minimum absolute atomic E-state index is 0.150. The van der Waals surface area contributed by atoms with E-state index in [4.69, 9.17) is 4.74 Å². The van der Waals surface area contributed by atoms with E-state index in [0.29, 0.717) is 6.42 Å². The molecule has 2 aromatic rings. The van der Waals surface area contributed by atoms with Gasteiger partial charge in [0.1, 0.15) is 0 Å². The number of H-pyrrole nitrogens is 1. The number of fused-ring (bicyclic) bond motifs is 1. The fourth-order valence-corrected chi connectivity index (χ4v) is 2.79. The van der Waals surface area contributed by atoms with Crippen LogP contribution in [0.4, 0.5) is 0 Å². The highest BCUT2D eigenvalue weighted by Crippen LogP contribution is 2.31. The summed E-state index contributed by atoms with van der Waals surface area (Å²) < 4.78 is 4.81. The molecule has 2 atom stereocenters. The number of rotatable bonds is 6. The highest BCUT2D eigenvalue weighted by molar-refractivity contribution is 5.80. The van der Waals surface area contributed by atoms with Crippen molar-refractivity contribution in [3.05, 3.63) is 36.0 Å². The molecule has 0 aliphatic carbocycles. The minimum atomic E-state index is -0.582. The number of ether oxygens (including phenoxy) is 1. The molecule has 1 aromatic heterocycles. The van der Waals surface area contributed by atoms with Crippen LogP contribution in [0.5, 0.6) is 0 Å². The van der Waals surface area contributed by atoms with Crippen molar-refractivity contribution in [3.63, 3.8) is 0 Å². The largest absolute Gasteiger partial charge is 0.469 e. The van der Waals surface area contributed by atoms with Crippen molar-refractivity contribution in [2.75, 3.05) is 7.11 Å². The molecule has 2 N–H and O–H groups in total. The van der Waals surface area contributed by atoms with Gasteiger partial charge in [0.05, 0.1) is 19.6 Å². The zero-order chi connectivity index (χ0) is 17.0. The van der Waals surface area contributed by atoms with E-state index in [2.05, 4.69) is 25.8 Å². The molecule has 126 valence electrons. The molecule has 0 spiro atoms. The van der Waals surface area contributed by atoms with E-state index in [9.17, 15) is 9.90 Å². The van der Waals surface area contributed by atoms with E-state index < -0.39 is 6.10 Å². The molecule has 4 nitrogen and oxygen atoms in total. The maximum absolute atomic E-state index is 11.8. The highest BCUT2D eigenvalue weighted by Gasteiger charge is 2.27. The molecule has 1 heterocycles. The van der Waals surface area contributed by atoms with Crippen LogP contribution in [0.1, 0.15) is 51.6 Å². The lowest BCUT2D eigenvalue weighted by molar-refractivity contribution is -0.141. The van der Waals surface area contributed by atoms with Crippen molar-refractivity contribution >= 4 is 16.9 Å². The van der Waals surface area contributed by atoms with Crippen LogP contribution in [0.25, 0.3) is 10.9 Å². The molecule has 2 unspecified atom stereocenters. The van der Waals surface area contributed by atoms with E-state index >= 15 is 0 Å². The number of esters is 1. The first-order valence-electron chi connectivity index (χ1n) is 8.13. The Hall–Kier alpha value is -1.81. The molecule has 23 heavy (non-hydrogen) atoms. The van der Waals surface area contributed by atoms with Gasteiger partial charge in [-0.2, -0.15) is 0 Å². The molecular formula is C19H27NO3. The average Bonchev–Trinajstić information content (AvgIpc) is 2.92. The molecule has 1 aromatic carbocycles. The first-order chi connectivity index (χ1) is 10.8. The molecule has 0 saturated carbocycles. The molecular weight excluding hydrogens is 290 g/mol. The second-order valence-electron chi connectivity index (χ2n) is 7.37. The van der Waals surface area contributed by atoms with Crippen LogP contribution >= 0.6 is 0 Å². The van der Waals surface area contributed by atoms with Crippen LogP contribution in [0, 0.1) is 5.41 Å². The first kappa shape index (κ1) is 17.5. The second kappa shape index (κ2) is 7.18. The summed E-state index contributed by atoms with van der Waals surface area (Å²) in [5.74, 6) is -0.583. The average molecular weight is 317 g/mol. The number of aromatic amines is 1. The maximum Gasteiger partial charge on any atom is 0.306 e.